The number of amidine groups is 2. The number of benzene rings is 2. The van der Waals surface area contributed by atoms with Gasteiger partial charge < -0.3 is 4.74 Å². The number of fused-ring (bicyclic) bond motifs is 1. The highest BCUT2D eigenvalue weighted by Gasteiger charge is 2.36. The van der Waals surface area contributed by atoms with Crippen LogP contribution >= 0.6 is 11.8 Å². The van der Waals surface area contributed by atoms with E-state index >= 15 is 0 Å². The van der Waals surface area contributed by atoms with Crippen molar-refractivity contribution in [2.75, 3.05) is 0 Å². The second-order valence-corrected chi connectivity index (χ2v) is 8.47. The number of aliphatic imine (C=N–C) groups is 1. The molecule has 2 aromatic carbocycles. The number of amides is 1. The number of carbonyl (C=O) groups excluding carboxylic acids is 1. The molecule has 2 aliphatic heterocycles. The van der Waals surface area contributed by atoms with E-state index in [2.05, 4.69) is 34.1 Å². The standard InChI is InChI=1S/C25H19N5O2S/c1-16-4-2-5-18(12-16)15-32-20-9-7-17(8-10-20)13-21-22(26)30-25(28-23(21)31)33-24(29-30)19-6-3-11-27-14-19/h2-14,26H,15H2,1H3. The minimum absolute atomic E-state index is 0.00355. The van der Waals surface area contributed by atoms with Crippen LogP contribution in [-0.4, -0.2) is 31.9 Å². The molecular formula is C25H19N5O2S. The first-order valence-electron chi connectivity index (χ1n) is 10.3. The Labute approximate surface area is 195 Å². The number of nitrogens with one attached hydrogen (secondary N) is 1. The van der Waals surface area contributed by atoms with E-state index in [1.807, 2.05) is 48.5 Å². The first kappa shape index (κ1) is 20.8. The van der Waals surface area contributed by atoms with E-state index in [1.54, 1.807) is 18.5 Å². The second-order valence-electron chi connectivity index (χ2n) is 7.51. The van der Waals surface area contributed by atoms with Crippen LogP contribution < -0.4 is 4.74 Å². The summed E-state index contributed by atoms with van der Waals surface area (Å²) in [4.78, 5) is 20.9. The maximum Gasteiger partial charge on any atom is 0.283 e. The van der Waals surface area contributed by atoms with Gasteiger partial charge in [0.05, 0.1) is 5.57 Å². The van der Waals surface area contributed by atoms with Gasteiger partial charge in [-0.15, -0.1) is 0 Å². The van der Waals surface area contributed by atoms with E-state index in [0.29, 0.717) is 16.8 Å². The maximum absolute atomic E-state index is 12.6. The third-order valence-corrected chi connectivity index (χ3v) is 6.00. The summed E-state index contributed by atoms with van der Waals surface area (Å²) in [5.74, 6) is 0.267. The van der Waals surface area contributed by atoms with Gasteiger partial charge in [-0.1, -0.05) is 42.0 Å². The molecule has 2 aliphatic rings. The summed E-state index contributed by atoms with van der Waals surface area (Å²) in [5, 5.41) is 15.4. The molecule has 0 saturated carbocycles. The van der Waals surface area contributed by atoms with Crippen molar-refractivity contribution in [3.63, 3.8) is 0 Å². The smallest absolute Gasteiger partial charge is 0.283 e. The van der Waals surface area contributed by atoms with Crippen LogP contribution in [0.5, 0.6) is 5.75 Å². The molecule has 1 N–H and O–H groups in total. The van der Waals surface area contributed by atoms with Crippen LogP contribution in [0.3, 0.4) is 0 Å². The lowest BCUT2D eigenvalue weighted by molar-refractivity contribution is -0.114. The average Bonchev–Trinajstić information content (AvgIpc) is 3.26. The molecule has 3 heterocycles. The summed E-state index contributed by atoms with van der Waals surface area (Å²) in [7, 11) is 0. The number of hydrogen-bond donors (Lipinski definition) is 1. The Morgan fingerprint density at radius 2 is 1.97 bits per heavy atom. The van der Waals surface area contributed by atoms with E-state index in [1.165, 1.54) is 22.3 Å². The highest BCUT2D eigenvalue weighted by Crippen LogP contribution is 2.30. The Morgan fingerprint density at radius 3 is 2.73 bits per heavy atom. The number of pyridine rings is 1. The number of carbonyl (C=O) groups is 1. The molecule has 0 spiro atoms. The van der Waals surface area contributed by atoms with Crippen molar-refractivity contribution in [1.82, 2.24) is 9.99 Å². The average molecular weight is 454 g/mol. The zero-order valence-electron chi connectivity index (χ0n) is 17.7. The Balaban J connectivity index is 1.32. The van der Waals surface area contributed by atoms with Crippen LogP contribution in [0, 0.1) is 12.3 Å². The zero-order chi connectivity index (χ0) is 22.8. The van der Waals surface area contributed by atoms with Gasteiger partial charge in [0.1, 0.15) is 17.4 Å². The van der Waals surface area contributed by atoms with Crippen molar-refractivity contribution in [2.24, 2.45) is 10.1 Å². The highest BCUT2D eigenvalue weighted by atomic mass is 32.2. The summed E-state index contributed by atoms with van der Waals surface area (Å²) < 4.78 is 5.86. The first-order valence-corrected chi connectivity index (χ1v) is 11.1. The molecular weight excluding hydrogens is 434 g/mol. The van der Waals surface area contributed by atoms with Gasteiger partial charge >= 0.3 is 0 Å². The fourth-order valence-electron chi connectivity index (χ4n) is 3.39. The largest absolute Gasteiger partial charge is 0.489 e. The first-order chi connectivity index (χ1) is 16.1. The third-order valence-electron chi connectivity index (χ3n) is 5.04. The van der Waals surface area contributed by atoms with Gasteiger partial charge in [0, 0.05) is 18.0 Å². The highest BCUT2D eigenvalue weighted by molar-refractivity contribution is 8.27. The molecule has 162 valence electrons. The summed E-state index contributed by atoms with van der Waals surface area (Å²) in [6, 6.07) is 19.3. The van der Waals surface area contributed by atoms with Crippen LogP contribution in [-0.2, 0) is 11.4 Å². The lowest BCUT2D eigenvalue weighted by atomic mass is 10.1. The van der Waals surface area contributed by atoms with E-state index in [-0.39, 0.29) is 11.4 Å². The molecule has 1 aromatic heterocycles. The minimum Gasteiger partial charge on any atom is -0.489 e. The molecule has 0 fully saturated rings. The predicted molar refractivity (Wildman–Crippen MR) is 130 cm³/mol. The fourth-order valence-corrected chi connectivity index (χ4v) is 4.27. The van der Waals surface area contributed by atoms with Crippen molar-refractivity contribution in [3.05, 3.63) is 101 Å². The number of hydrogen-bond acceptors (Lipinski definition) is 6. The zero-order valence-corrected chi connectivity index (χ0v) is 18.5. The fraction of sp³-hybridized carbons (Fsp3) is 0.0800. The number of hydrazone groups is 1. The van der Waals surface area contributed by atoms with Gasteiger partial charge in [-0.25, -0.2) is 0 Å². The Bertz CT molecular complexity index is 1330. The van der Waals surface area contributed by atoms with E-state index in [0.717, 1.165) is 22.4 Å². The molecule has 0 radical (unpaired) electrons. The summed E-state index contributed by atoms with van der Waals surface area (Å²) in [5.41, 5.74) is 4.06. The number of nitrogens with zero attached hydrogens (tertiary/aromatic N) is 4. The molecule has 3 aromatic rings. The molecule has 0 unspecified atom stereocenters. The summed E-state index contributed by atoms with van der Waals surface area (Å²) in [6.45, 7) is 2.53. The van der Waals surface area contributed by atoms with Crippen molar-refractivity contribution < 1.29 is 9.53 Å². The molecule has 33 heavy (non-hydrogen) atoms. The molecule has 0 atom stereocenters. The lowest BCUT2D eigenvalue weighted by Gasteiger charge is -2.20. The van der Waals surface area contributed by atoms with E-state index in [4.69, 9.17) is 10.1 Å². The van der Waals surface area contributed by atoms with Crippen LogP contribution in [0.1, 0.15) is 22.3 Å². The number of thioether (sulfide) groups is 1. The Morgan fingerprint density at radius 1 is 1.12 bits per heavy atom. The van der Waals surface area contributed by atoms with Crippen molar-refractivity contribution in [1.29, 1.82) is 5.41 Å². The quantitative estimate of drug-likeness (QED) is 0.569. The number of ether oxygens (including phenoxy) is 1. The third kappa shape index (κ3) is 4.47. The molecule has 8 heteroatoms. The van der Waals surface area contributed by atoms with Gasteiger partial charge in [0.25, 0.3) is 5.91 Å². The number of rotatable bonds is 5. The number of aryl methyl sites for hydroxylation is 1. The number of aromatic nitrogens is 1. The van der Waals surface area contributed by atoms with Crippen molar-refractivity contribution in [2.45, 2.75) is 13.5 Å². The topological polar surface area (TPSA) is 91.0 Å². The minimum atomic E-state index is -0.457. The molecule has 0 bridgehead atoms. The molecule has 5 rings (SSSR count). The summed E-state index contributed by atoms with van der Waals surface area (Å²) in [6.07, 6.45) is 5.02. The van der Waals surface area contributed by atoms with Gasteiger partial charge in [-0.05, 0) is 60.2 Å². The molecule has 0 saturated heterocycles. The van der Waals surface area contributed by atoms with Gasteiger partial charge in [-0.2, -0.15) is 15.1 Å². The molecule has 0 aliphatic carbocycles. The summed E-state index contributed by atoms with van der Waals surface area (Å²) >= 11 is 1.25. The van der Waals surface area contributed by atoms with Crippen LogP contribution in [0.2, 0.25) is 0 Å². The SMILES string of the molecule is Cc1cccc(COc2ccc(C=C3C(=N)N4N=C(c5cccnc5)SC4=NC3=O)cc2)c1. The van der Waals surface area contributed by atoms with Crippen LogP contribution in [0.15, 0.2) is 88.7 Å². The monoisotopic (exact) mass is 453 g/mol. The maximum atomic E-state index is 12.6. The Kier molecular flexibility index (Phi) is 5.58. The normalized spacial score (nSPS) is 16.5. The molecule has 1 amide bonds. The molecule has 7 nitrogen and oxygen atoms in total. The Hall–Kier alpha value is -4.04. The lowest BCUT2D eigenvalue weighted by Crippen LogP contribution is -2.35. The van der Waals surface area contributed by atoms with Crippen LogP contribution in [0.4, 0.5) is 0 Å². The van der Waals surface area contributed by atoms with Gasteiger partial charge in [0.2, 0.25) is 5.17 Å². The van der Waals surface area contributed by atoms with Crippen LogP contribution in [0.25, 0.3) is 6.08 Å². The van der Waals surface area contributed by atoms with E-state index < -0.39 is 5.91 Å². The second kappa shape index (κ2) is 8.84. The van der Waals surface area contributed by atoms with Gasteiger partial charge in [-0.3, -0.25) is 15.2 Å². The van der Waals surface area contributed by atoms with Gasteiger partial charge in [0.15, 0.2) is 5.84 Å². The predicted octanol–water partition coefficient (Wildman–Crippen LogP) is 4.64. The van der Waals surface area contributed by atoms with Crippen molar-refractivity contribution in [3.8, 4) is 5.75 Å². The van der Waals surface area contributed by atoms with E-state index in [9.17, 15) is 4.79 Å². The van der Waals surface area contributed by atoms with Crippen molar-refractivity contribution >= 4 is 39.8 Å².